The summed E-state index contributed by atoms with van der Waals surface area (Å²) in [7, 11) is -0.912. The number of alkyl carbamates (subject to hydrolysis) is 1. The summed E-state index contributed by atoms with van der Waals surface area (Å²) in [5, 5.41) is 21.6. The molecule has 0 atom stereocenters. The molecule has 1 aliphatic rings. The average molecular weight is 481 g/mol. The molecule has 10 heteroatoms. The number of amides is 1. The molecule has 1 fully saturated rings. The topological polar surface area (TPSA) is 131 Å². The van der Waals surface area contributed by atoms with Crippen molar-refractivity contribution in [3.63, 3.8) is 0 Å². The highest BCUT2D eigenvalue weighted by Crippen LogP contribution is 2.39. The van der Waals surface area contributed by atoms with Gasteiger partial charge in [-0.1, -0.05) is 36.4 Å². The zero-order valence-electron chi connectivity index (χ0n) is 20.0. The molecule has 0 aromatic heterocycles. The lowest BCUT2D eigenvalue weighted by Crippen LogP contribution is -2.41. The van der Waals surface area contributed by atoms with Gasteiger partial charge in [0.25, 0.3) is 0 Å². The summed E-state index contributed by atoms with van der Waals surface area (Å²) >= 11 is 0. The van der Waals surface area contributed by atoms with E-state index in [1.807, 2.05) is 58.0 Å². The third kappa shape index (κ3) is 6.29. The molecule has 1 saturated heterocycles. The molecule has 0 aliphatic carbocycles. The summed E-state index contributed by atoms with van der Waals surface area (Å²) in [6.07, 6.45) is 0.782. The predicted molar refractivity (Wildman–Crippen MR) is 129 cm³/mol. The molecule has 0 bridgehead atoms. The Morgan fingerprint density at radius 1 is 0.971 bits per heavy atom. The molecule has 0 spiro atoms. The molecule has 1 amide bonds. The molecule has 3 rings (SSSR count). The fourth-order valence-corrected chi connectivity index (χ4v) is 3.35. The second-order valence-electron chi connectivity index (χ2n) is 9.14. The minimum absolute atomic E-state index is 0.0754. The van der Waals surface area contributed by atoms with E-state index < -0.39 is 36.4 Å². The zero-order chi connectivity index (χ0) is 25.8. The van der Waals surface area contributed by atoms with Crippen LogP contribution in [0.1, 0.15) is 59.5 Å². The Labute approximate surface area is 203 Å². The maximum absolute atomic E-state index is 12.3. The molecular weight excluding hydrogens is 453 g/mol. The molecule has 2 aromatic carbocycles. The normalized spacial score (nSPS) is 16.6. The van der Waals surface area contributed by atoms with E-state index >= 15 is 0 Å². The third-order valence-corrected chi connectivity index (χ3v) is 6.08. The van der Waals surface area contributed by atoms with Crippen molar-refractivity contribution in [2.75, 3.05) is 6.54 Å². The quantitative estimate of drug-likeness (QED) is 0.482. The van der Waals surface area contributed by atoms with Crippen LogP contribution in [0.25, 0.3) is 6.08 Å². The van der Waals surface area contributed by atoms with Crippen molar-refractivity contribution < 1.29 is 38.6 Å². The number of hydrogen-bond donors (Lipinski definition) is 3. The number of carbonyl (C=O) groups excluding carboxylic acids is 1. The van der Waals surface area contributed by atoms with Crippen molar-refractivity contribution in [3.8, 4) is 0 Å². The minimum Gasteiger partial charge on any atom is -0.478 e. The van der Waals surface area contributed by atoms with Gasteiger partial charge in [0.15, 0.2) is 0 Å². The Kier molecular flexibility index (Phi) is 7.67. The second-order valence-corrected chi connectivity index (χ2v) is 9.14. The number of benzene rings is 2. The van der Waals surface area contributed by atoms with Gasteiger partial charge in [-0.2, -0.15) is 0 Å². The first-order valence-electron chi connectivity index (χ1n) is 11.0. The van der Waals surface area contributed by atoms with Gasteiger partial charge in [0.1, 0.15) is 6.61 Å². The zero-order valence-corrected chi connectivity index (χ0v) is 20.0. The van der Waals surface area contributed by atoms with E-state index in [1.165, 1.54) is 24.3 Å². The van der Waals surface area contributed by atoms with E-state index in [0.717, 1.165) is 5.56 Å². The summed E-state index contributed by atoms with van der Waals surface area (Å²) in [6, 6.07) is 12.9. The fraction of sp³-hybridized carbons (Fsp3) is 0.320. The van der Waals surface area contributed by atoms with E-state index in [-0.39, 0.29) is 29.8 Å². The van der Waals surface area contributed by atoms with Crippen LogP contribution in [-0.2, 0) is 20.7 Å². The van der Waals surface area contributed by atoms with E-state index in [9.17, 15) is 24.6 Å². The Morgan fingerprint density at radius 3 is 2.17 bits per heavy atom. The number of carbonyl (C=O) groups is 3. The van der Waals surface area contributed by atoms with Crippen LogP contribution in [0.3, 0.4) is 0 Å². The number of nitrogens with one attached hydrogen (secondary N) is 1. The highest BCUT2D eigenvalue weighted by Gasteiger charge is 2.52. The van der Waals surface area contributed by atoms with Crippen LogP contribution in [0.15, 0.2) is 54.0 Å². The van der Waals surface area contributed by atoms with Gasteiger partial charge in [-0.15, -0.1) is 0 Å². The van der Waals surface area contributed by atoms with Gasteiger partial charge >= 0.3 is 25.2 Å². The number of hydrogen-bond acceptors (Lipinski definition) is 6. The lowest BCUT2D eigenvalue weighted by Gasteiger charge is -2.32. The lowest BCUT2D eigenvalue weighted by atomic mass is 9.76. The maximum Gasteiger partial charge on any atom is 0.492 e. The van der Waals surface area contributed by atoms with Gasteiger partial charge in [0.05, 0.1) is 22.3 Å². The highest BCUT2D eigenvalue weighted by molar-refractivity contribution is 6.56. The lowest BCUT2D eigenvalue weighted by molar-refractivity contribution is 0.00578. The van der Waals surface area contributed by atoms with Gasteiger partial charge in [0.2, 0.25) is 0 Å². The van der Waals surface area contributed by atoms with Crippen molar-refractivity contribution in [2.24, 2.45) is 0 Å². The highest BCUT2D eigenvalue weighted by atomic mass is 16.7. The fourth-order valence-electron chi connectivity index (χ4n) is 3.35. The van der Waals surface area contributed by atoms with Crippen molar-refractivity contribution >= 4 is 31.2 Å². The van der Waals surface area contributed by atoms with Gasteiger partial charge in [0, 0.05) is 6.54 Å². The predicted octanol–water partition coefficient (Wildman–Crippen LogP) is 4.02. The van der Waals surface area contributed by atoms with Crippen molar-refractivity contribution in [1.82, 2.24) is 5.32 Å². The SMILES string of the molecule is CC1(C)OB(C(=Cc2cc(C(=O)O)ccc2C(=O)O)CNC(=O)OCc2ccccc2)OC1(C)C. The molecule has 1 heterocycles. The summed E-state index contributed by atoms with van der Waals surface area (Å²) in [6.45, 7) is 7.44. The monoisotopic (exact) mass is 481 g/mol. The van der Waals surface area contributed by atoms with Gasteiger partial charge < -0.3 is 29.6 Å². The number of carboxylic acids is 2. The summed E-state index contributed by atoms with van der Waals surface area (Å²) in [5.74, 6) is -2.42. The Bertz CT molecular complexity index is 1130. The molecule has 2 aromatic rings. The molecular formula is C25H28BNO8. The first-order chi connectivity index (χ1) is 16.4. The molecule has 3 N–H and O–H groups in total. The van der Waals surface area contributed by atoms with E-state index in [1.54, 1.807) is 0 Å². The summed E-state index contributed by atoms with van der Waals surface area (Å²) < 4.78 is 17.4. The number of ether oxygens (including phenoxy) is 1. The smallest absolute Gasteiger partial charge is 0.478 e. The van der Waals surface area contributed by atoms with Gasteiger partial charge in [-0.3, -0.25) is 0 Å². The first kappa shape index (κ1) is 26.0. The second kappa shape index (κ2) is 10.3. The van der Waals surface area contributed by atoms with Crippen LogP contribution >= 0.6 is 0 Å². The summed E-state index contributed by atoms with van der Waals surface area (Å²) in [5.41, 5.74) is -0.208. The number of carboxylic acid groups (broad SMARTS) is 2. The van der Waals surface area contributed by atoms with E-state index in [4.69, 9.17) is 14.0 Å². The number of rotatable bonds is 8. The van der Waals surface area contributed by atoms with Crippen LogP contribution < -0.4 is 5.32 Å². The Morgan fingerprint density at radius 2 is 1.60 bits per heavy atom. The van der Waals surface area contributed by atoms with E-state index in [0.29, 0.717) is 5.47 Å². The summed E-state index contributed by atoms with van der Waals surface area (Å²) in [4.78, 5) is 35.6. The van der Waals surface area contributed by atoms with Crippen molar-refractivity contribution in [1.29, 1.82) is 0 Å². The molecule has 1 aliphatic heterocycles. The van der Waals surface area contributed by atoms with Gasteiger partial charge in [-0.05, 0) is 62.5 Å². The molecule has 0 unspecified atom stereocenters. The van der Waals surface area contributed by atoms with Gasteiger partial charge in [-0.25, -0.2) is 14.4 Å². The molecule has 35 heavy (non-hydrogen) atoms. The standard InChI is InChI=1S/C25H28BNO8/c1-24(2)25(3,4)35-26(34-24)19(14-27-23(32)33-15-16-8-6-5-7-9-16)13-18-12-17(21(28)29)10-11-20(18)22(30)31/h5-13H,14-15H2,1-4H3,(H,27,32)(H,28,29)(H,30,31). The van der Waals surface area contributed by atoms with Crippen LogP contribution in [-0.4, -0.2) is 53.1 Å². The largest absolute Gasteiger partial charge is 0.492 e. The maximum atomic E-state index is 12.3. The number of aromatic carboxylic acids is 2. The van der Waals surface area contributed by atoms with Crippen molar-refractivity contribution in [3.05, 3.63) is 76.3 Å². The molecule has 0 saturated carbocycles. The van der Waals surface area contributed by atoms with Crippen LogP contribution in [0.2, 0.25) is 0 Å². The Balaban J connectivity index is 1.88. The van der Waals surface area contributed by atoms with E-state index in [2.05, 4.69) is 5.32 Å². The average Bonchev–Trinajstić information content (AvgIpc) is 3.02. The molecule has 184 valence electrons. The third-order valence-electron chi connectivity index (χ3n) is 6.08. The Hall–Kier alpha value is -3.63. The van der Waals surface area contributed by atoms with Crippen LogP contribution in [0.4, 0.5) is 4.79 Å². The molecule has 0 radical (unpaired) electrons. The van der Waals surface area contributed by atoms with Crippen molar-refractivity contribution in [2.45, 2.75) is 45.5 Å². The molecule has 9 nitrogen and oxygen atoms in total. The van der Waals surface area contributed by atoms with Crippen LogP contribution in [0, 0.1) is 0 Å². The minimum atomic E-state index is -1.23. The first-order valence-corrected chi connectivity index (χ1v) is 11.0. The van der Waals surface area contributed by atoms with Crippen LogP contribution in [0.5, 0.6) is 0 Å².